The van der Waals surface area contributed by atoms with E-state index in [1.54, 1.807) is 7.11 Å². The molecule has 1 aromatic heterocycles. The van der Waals surface area contributed by atoms with Crippen LogP contribution in [0, 0.1) is 0 Å². The topological polar surface area (TPSA) is 74.4 Å². The first-order chi connectivity index (χ1) is 17.1. The van der Waals surface area contributed by atoms with Gasteiger partial charge < -0.3 is 19.9 Å². The van der Waals surface area contributed by atoms with Crippen molar-refractivity contribution in [2.24, 2.45) is 0 Å². The average Bonchev–Trinajstić information content (AvgIpc) is 3.41. The SMILES string of the molecule is CCCNC(=O)CCN1C(=O)c2ccccc2C1c1c(-c2cccc(OC)c2)[nH]c2ccccc12. The van der Waals surface area contributed by atoms with Crippen molar-refractivity contribution in [2.45, 2.75) is 25.8 Å². The molecule has 1 aliphatic rings. The zero-order chi connectivity index (χ0) is 24.4. The van der Waals surface area contributed by atoms with Crippen molar-refractivity contribution in [3.63, 3.8) is 0 Å². The number of carbonyl (C=O) groups is 2. The highest BCUT2D eigenvalue weighted by atomic mass is 16.5. The van der Waals surface area contributed by atoms with E-state index in [2.05, 4.69) is 16.4 Å². The van der Waals surface area contributed by atoms with Gasteiger partial charge in [0.25, 0.3) is 5.91 Å². The van der Waals surface area contributed by atoms with Gasteiger partial charge in [-0.05, 0) is 36.2 Å². The number of H-pyrrole nitrogens is 1. The highest BCUT2D eigenvalue weighted by Gasteiger charge is 2.40. The molecule has 6 heteroatoms. The van der Waals surface area contributed by atoms with Gasteiger partial charge in [-0.1, -0.05) is 55.5 Å². The van der Waals surface area contributed by atoms with Crippen LogP contribution in [-0.2, 0) is 4.79 Å². The Labute approximate surface area is 204 Å². The Kier molecular flexibility index (Phi) is 6.27. The van der Waals surface area contributed by atoms with E-state index in [4.69, 9.17) is 4.74 Å². The number of aromatic amines is 1. The van der Waals surface area contributed by atoms with Crippen molar-refractivity contribution < 1.29 is 14.3 Å². The smallest absolute Gasteiger partial charge is 0.255 e. The van der Waals surface area contributed by atoms with Gasteiger partial charge in [-0.2, -0.15) is 0 Å². The van der Waals surface area contributed by atoms with Gasteiger partial charge in [0.05, 0.1) is 18.8 Å². The van der Waals surface area contributed by atoms with Gasteiger partial charge in [0.15, 0.2) is 0 Å². The second kappa shape index (κ2) is 9.66. The van der Waals surface area contributed by atoms with E-state index in [0.29, 0.717) is 18.7 Å². The van der Waals surface area contributed by atoms with E-state index in [0.717, 1.165) is 45.5 Å². The van der Waals surface area contributed by atoms with Crippen molar-refractivity contribution in [3.05, 3.63) is 89.5 Å². The van der Waals surface area contributed by atoms with E-state index in [1.165, 1.54) is 0 Å². The van der Waals surface area contributed by atoms with E-state index in [1.807, 2.05) is 78.6 Å². The normalized spacial score (nSPS) is 14.9. The summed E-state index contributed by atoms with van der Waals surface area (Å²) in [6, 6.07) is 23.5. The third kappa shape index (κ3) is 4.16. The second-order valence-corrected chi connectivity index (χ2v) is 8.78. The third-order valence-electron chi connectivity index (χ3n) is 6.59. The van der Waals surface area contributed by atoms with Crippen LogP contribution >= 0.6 is 0 Å². The van der Waals surface area contributed by atoms with E-state index in [-0.39, 0.29) is 24.3 Å². The zero-order valence-corrected chi connectivity index (χ0v) is 20.0. The number of fused-ring (bicyclic) bond motifs is 2. The quantitative estimate of drug-likeness (QED) is 0.369. The predicted molar refractivity (Wildman–Crippen MR) is 138 cm³/mol. The number of amides is 2. The van der Waals surface area contributed by atoms with Crippen molar-refractivity contribution in [1.29, 1.82) is 0 Å². The molecule has 35 heavy (non-hydrogen) atoms. The molecule has 1 aliphatic heterocycles. The molecule has 0 bridgehead atoms. The molecule has 0 saturated heterocycles. The monoisotopic (exact) mass is 467 g/mol. The summed E-state index contributed by atoms with van der Waals surface area (Å²) in [5.41, 5.74) is 5.60. The van der Waals surface area contributed by atoms with Gasteiger partial charge in [0.1, 0.15) is 5.75 Å². The number of aromatic nitrogens is 1. The van der Waals surface area contributed by atoms with Crippen LogP contribution in [-0.4, -0.2) is 41.9 Å². The lowest BCUT2D eigenvalue weighted by Crippen LogP contribution is -2.34. The molecule has 1 atom stereocenters. The Morgan fingerprint density at radius 2 is 1.86 bits per heavy atom. The number of carbonyl (C=O) groups excluding carboxylic acids is 2. The lowest BCUT2D eigenvalue weighted by Gasteiger charge is -2.26. The summed E-state index contributed by atoms with van der Waals surface area (Å²) in [7, 11) is 1.66. The minimum absolute atomic E-state index is 0.0405. The molecule has 0 radical (unpaired) electrons. The van der Waals surface area contributed by atoms with Crippen molar-refractivity contribution in [2.75, 3.05) is 20.2 Å². The molecule has 0 fully saturated rings. The van der Waals surface area contributed by atoms with Crippen LogP contribution in [0.3, 0.4) is 0 Å². The van der Waals surface area contributed by atoms with Crippen LogP contribution < -0.4 is 10.1 Å². The number of para-hydroxylation sites is 1. The van der Waals surface area contributed by atoms with E-state index >= 15 is 0 Å². The summed E-state index contributed by atoms with van der Waals surface area (Å²) >= 11 is 0. The lowest BCUT2D eigenvalue weighted by molar-refractivity contribution is -0.121. The molecule has 2 heterocycles. The number of hydrogen-bond donors (Lipinski definition) is 2. The van der Waals surface area contributed by atoms with Gasteiger partial charge in [-0.25, -0.2) is 0 Å². The zero-order valence-electron chi connectivity index (χ0n) is 20.0. The lowest BCUT2D eigenvalue weighted by atomic mass is 9.93. The number of hydrogen-bond acceptors (Lipinski definition) is 3. The summed E-state index contributed by atoms with van der Waals surface area (Å²) in [5, 5.41) is 3.98. The minimum atomic E-state index is -0.310. The Morgan fingerprint density at radius 1 is 1.06 bits per heavy atom. The number of ether oxygens (including phenoxy) is 1. The van der Waals surface area contributed by atoms with Gasteiger partial charge in [0.2, 0.25) is 5.91 Å². The van der Waals surface area contributed by atoms with Crippen LogP contribution in [0.2, 0.25) is 0 Å². The Bertz CT molecular complexity index is 1390. The molecular formula is C29H29N3O3. The van der Waals surface area contributed by atoms with Gasteiger partial charge in [-0.15, -0.1) is 0 Å². The standard InChI is InChI=1S/C29H29N3O3/c1-3-16-30-25(33)15-17-32-28(21-11-4-5-12-22(21)29(32)34)26-23-13-6-7-14-24(23)31-27(26)19-9-8-10-20(18-19)35-2/h4-14,18,28,31H,3,15-17H2,1-2H3,(H,30,33). The predicted octanol–water partition coefficient (Wildman–Crippen LogP) is 5.31. The second-order valence-electron chi connectivity index (χ2n) is 8.78. The number of benzene rings is 3. The summed E-state index contributed by atoms with van der Waals surface area (Å²) in [5.74, 6) is 0.677. The fourth-order valence-electron chi connectivity index (χ4n) is 4.94. The van der Waals surface area contributed by atoms with Crippen LogP contribution in [0.25, 0.3) is 22.2 Å². The molecule has 0 saturated carbocycles. The van der Waals surface area contributed by atoms with E-state index < -0.39 is 0 Å². The first kappa shape index (κ1) is 22.7. The van der Waals surface area contributed by atoms with E-state index in [9.17, 15) is 9.59 Å². The molecule has 5 rings (SSSR count). The average molecular weight is 468 g/mol. The molecular weight excluding hydrogens is 438 g/mol. The Morgan fingerprint density at radius 3 is 2.69 bits per heavy atom. The van der Waals surface area contributed by atoms with Crippen molar-refractivity contribution in [1.82, 2.24) is 15.2 Å². The van der Waals surface area contributed by atoms with Gasteiger partial charge in [0, 0.05) is 47.1 Å². The fourth-order valence-corrected chi connectivity index (χ4v) is 4.94. The summed E-state index contributed by atoms with van der Waals surface area (Å²) in [6.45, 7) is 3.00. The highest BCUT2D eigenvalue weighted by Crippen LogP contribution is 2.45. The minimum Gasteiger partial charge on any atom is -0.497 e. The van der Waals surface area contributed by atoms with Crippen LogP contribution in [0.15, 0.2) is 72.8 Å². The molecule has 3 aromatic carbocycles. The molecule has 0 spiro atoms. The van der Waals surface area contributed by atoms with Gasteiger partial charge in [-0.3, -0.25) is 9.59 Å². The first-order valence-electron chi connectivity index (χ1n) is 12.0. The number of rotatable bonds is 8. The molecule has 4 aromatic rings. The molecule has 1 unspecified atom stereocenters. The Hall–Kier alpha value is -4.06. The first-order valence-corrected chi connectivity index (χ1v) is 12.0. The summed E-state index contributed by atoms with van der Waals surface area (Å²) in [4.78, 5) is 31.4. The van der Waals surface area contributed by atoms with Crippen LogP contribution in [0.5, 0.6) is 5.75 Å². The Balaban J connectivity index is 1.65. The summed E-state index contributed by atoms with van der Waals surface area (Å²) < 4.78 is 5.48. The fraction of sp³-hybridized carbons (Fsp3) is 0.241. The maximum atomic E-state index is 13.6. The number of methoxy groups -OCH3 is 1. The molecule has 6 nitrogen and oxygen atoms in total. The molecule has 178 valence electrons. The molecule has 2 N–H and O–H groups in total. The number of nitrogens with zero attached hydrogens (tertiary/aromatic N) is 1. The van der Waals surface area contributed by atoms with Crippen molar-refractivity contribution in [3.8, 4) is 17.0 Å². The maximum Gasteiger partial charge on any atom is 0.255 e. The maximum absolute atomic E-state index is 13.6. The van der Waals surface area contributed by atoms with Gasteiger partial charge >= 0.3 is 0 Å². The van der Waals surface area contributed by atoms with Crippen LogP contribution in [0.4, 0.5) is 0 Å². The molecule has 0 aliphatic carbocycles. The summed E-state index contributed by atoms with van der Waals surface area (Å²) in [6.07, 6.45) is 1.13. The van der Waals surface area contributed by atoms with Crippen molar-refractivity contribution >= 4 is 22.7 Å². The number of nitrogens with one attached hydrogen (secondary N) is 2. The highest BCUT2D eigenvalue weighted by molar-refractivity contribution is 6.02. The van der Waals surface area contributed by atoms with Crippen LogP contribution in [0.1, 0.15) is 47.3 Å². The largest absolute Gasteiger partial charge is 0.497 e. The third-order valence-corrected chi connectivity index (χ3v) is 6.59. The molecule has 2 amide bonds.